The van der Waals surface area contributed by atoms with Gasteiger partial charge in [-0.3, -0.25) is 4.79 Å². The van der Waals surface area contributed by atoms with Gasteiger partial charge in [-0.25, -0.2) is 4.98 Å². The lowest BCUT2D eigenvalue weighted by Crippen LogP contribution is -2.22. The number of nitrogens with zero attached hydrogens (tertiary/aromatic N) is 2. The molecule has 0 fully saturated rings. The summed E-state index contributed by atoms with van der Waals surface area (Å²) in [5, 5.41) is 12.2. The summed E-state index contributed by atoms with van der Waals surface area (Å²) in [4.78, 5) is 16.2. The number of carbonyl (C=O) groups is 1. The normalized spacial score (nSPS) is 11.4. The van der Waals surface area contributed by atoms with E-state index in [4.69, 9.17) is 5.26 Å². The summed E-state index contributed by atoms with van der Waals surface area (Å²) in [6.07, 6.45) is 1.70. The van der Waals surface area contributed by atoms with Crippen LogP contribution in [0.3, 0.4) is 0 Å². The number of nitriles is 1. The van der Waals surface area contributed by atoms with E-state index in [0.29, 0.717) is 11.3 Å². The van der Waals surface area contributed by atoms with Gasteiger partial charge in [-0.1, -0.05) is 23.9 Å². The highest BCUT2D eigenvalue weighted by Crippen LogP contribution is 2.21. The van der Waals surface area contributed by atoms with Crippen molar-refractivity contribution in [2.75, 3.05) is 5.32 Å². The molecule has 5 heteroatoms. The number of aromatic nitrogens is 1. The molecule has 0 bridgehead atoms. The maximum Gasteiger partial charge on any atom is 0.237 e. The first-order valence-corrected chi connectivity index (χ1v) is 6.96. The fourth-order valence-corrected chi connectivity index (χ4v) is 2.37. The molecule has 0 aliphatic rings. The Morgan fingerprint density at radius 3 is 2.90 bits per heavy atom. The monoisotopic (exact) mass is 283 g/mol. The average Bonchev–Trinajstić information content (AvgIpc) is 2.48. The van der Waals surface area contributed by atoms with Crippen LogP contribution in [0.2, 0.25) is 0 Å². The van der Waals surface area contributed by atoms with E-state index in [0.717, 1.165) is 5.03 Å². The standard InChI is InChI=1S/C15H13N3OS/c1-11(20-14-7-2-3-8-17-14)15(19)18-13-6-4-5-12(9-13)10-16/h2-9,11H,1H3,(H,18,19). The number of rotatable bonds is 4. The second-order valence-corrected chi connectivity index (χ2v) is 5.47. The van der Waals surface area contributed by atoms with Crippen LogP contribution in [-0.2, 0) is 4.79 Å². The van der Waals surface area contributed by atoms with E-state index < -0.39 is 0 Å². The first-order chi connectivity index (χ1) is 9.69. The third kappa shape index (κ3) is 3.84. The number of hydrogen-bond acceptors (Lipinski definition) is 4. The molecule has 2 aromatic rings. The SMILES string of the molecule is CC(Sc1ccccn1)C(=O)Nc1cccc(C#N)c1. The van der Waals surface area contributed by atoms with Gasteiger partial charge in [0.2, 0.25) is 5.91 Å². The van der Waals surface area contributed by atoms with Crippen molar-refractivity contribution in [1.29, 1.82) is 5.26 Å². The Morgan fingerprint density at radius 1 is 1.35 bits per heavy atom. The lowest BCUT2D eigenvalue weighted by atomic mass is 10.2. The summed E-state index contributed by atoms with van der Waals surface area (Å²) in [6.45, 7) is 1.82. The number of carbonyl (C=O) groups excluding carboxylic acids is 1. The lowest BCUT2D eigenvalue weighted by Gasteiger charge is -2.11. The number of pyridine rings is 1. The minimum Gasteiger partial charge on any atom is -0.325 e. The van der Waals surface area contributed by atoms with E-state index in [9.17, 15) is 4.79 Å². The molecule has 1 N–H and O–H groups in total. The van der Waals surface area contributed by atoms with Gasteiger partial charge in [0.1, 0.15) is 0 Å². The number of benzene rings is 1. The smallest absolute Gasteiger partial charge is 0.237 e. The molecule has 0 aliphatic heterocycles. The fourth-order valence-electron chi connectivity index (χ4n) is 1.56. The van der Waals surface area contributed by atoms with Crippen molar-refractivity contribution in [2.24, 2.45) is 0 Å². The first-order valence-electron chi connectivity index (χ1n) is 6.08. The predicted octanol–water partition coefficient (Wildman–Crippen LogP) is 3.07. The predicted molar refractivity (Wildman–Crippen MR) is 79.3 cm³/mol. The summed E-state index contributed by atoms with van der Waals surface area (Å²) >= 11 is 1.39. The van der Waals surface area contributed by atoms with Crippen molar-refractivity contribution in [3.8, 4) is 6.07 Å². The van der Waals surface area contributed by atoms with Crippen molar-refractivity contribution < 1.29 is 4.79 Å². The van der Waals surface area contributed by atoms with Crippen molar-refractivity contribution in [1.82, 2.24) is 4.98 Å². The van der Waals surface area contributed by atoms with E-state index in [1.807, 2.05) is 31.2 Å². The van der Waals surface area contributed by atoms with Gasteiger partial charge in [0.05, 0.1) is 21.9 Å². The summed E-state index contributed by atoms with van der Waals surface area (Å²) in [7, 11) is 0. The van der Waals surface area contributed by atoms with Crippen LogP contribution in [-0.4, -0.2) is 16.1 Å². The molecule has 0 aliphatic carbocycles. The van der Waals surface area contributed by atoms with Gasteiger partial charge < -0.3 is 5.32 Å². The Balaban J connectivity index is 1.99. The Bertz CT molecular complexity index is 637. The molecule has 0 saturated heterocycles. The second-order valence-electron chi connectivity index (χ2n) is 4.11. The largest absolute Gasteiger partial charge is 0.325 e. The van der Waals surface area contributed by atoms with Gasteiger partial charge in [-0.05, 0) is 37.3 Å². The molecule has 20 heavy (non-hydrogen) atoms. The number of amides is 1. The summed E-state index contributed by atoms with van der Waals surface area (Å²) < 4.78 is 0. The van der Waals surface area contributed by atoms with Crippen molar-refractivity contribution in [2.45, 2.75) is 17.2 Å². The zero-order valence-corrected chi connectivity index (χ0v) is 11.7. The summed E-state index contributed by atoms with van der Waals surface area (Å²) in [5.41, 5.74) is 1.15. The van der Waals surface area contributed by atoms with Crippen molar-refractivity contribution >= 4 is 23.4 Å². The van der Waals surface area contributed by atoms with Crippen LogP contribution in [0, 0.1) is 11.3 Å². The quantitative estimate of drug-likeness (QED) is 0.876. The van der Waals surface area contributed by atoms with Gasteiger partial charge in [-0.2, -0.15) is 5.26 Å². The molecule has 0 radical (unpaired) electrons. The number of anilines is 1. The molecule has 1 heterocycles. The van der Waals surface area contributed by atoms with E-state index in [1.165, 1.54) is 11.8 Å². The van der Waals surface area contributed by atoms with Crippen LogP contribution in [0.4, 0.5) is 5.69 Å². The van der Waals surface area contributed by atoms with Crippen molar-refractivity contribution in [3.05, 3.63) is 54.2 Å². The highest BCUT2D eigenvalue weighted by atomic mass is 32.2. The molecule has 1 aromatic heterocycles. The Labute approximate surface area is 121 Å². The molecule has 1 aromatic carbocycles. The van der Waals surface area contributed by atoms with E-state index in [-0.39, 0.29) is 11.2 Å². The topological polar surface area (TPSA) is 65.8 Å². The minimum atomic E-state index is -0.268. The third-order valence-corrected chi connectivity index (χ3v) is 3.61. The molecule has 100 valence electrons. The Kier molecular flexibility index (Phi) is 4.75. The lowest BCUT2D eigenvalue weighted by molar-refractivity contribution is -0.115. The Morgan fingerprint density at radius 2 is 2.20 bits per heavy atom. The first kappa shape index (κ1) is 14.1. The van der Waals surface area contributed by atoms with Crippen LogP contribution in [0.1, 0.15) is 12.5 Å². The van der Waals surface area contributed by atoms with Crippen LogP contribution < -0.4 is 5.32 Å². The molecule has 1 amide bonds. The fraction of sp³-hybridized carbons (Fsp3) is 0.133. The van der Waals surface area contributed by atoms with Gasteiger partial charge in [0.25, 0.3) is 0 Å². The van der Waals surface area contributed by atoms with Crippen LogP contribution in [0.15, 0.2) is 53.7 Å². The molecule has 2 rings (SSSR count). The zero-order valence-electron chi connectivity index (χ0n) is 10.9. The second kappa shape index (κ2) is 6.73. The van der Waals surface area contributed by atoms with Gasteiger partial charge in [0, 0.05) is 11.9 Å². The van der Waals surface area contributed by atoms with Crippen molar-refractivity contribution in [3.63, 3.8) is 0 Å². The molecule has 4 nitrogen and oxygen atoms in total. The summed E-state index contributed by atoms with van der Waals surface area (Å²) in [5.74, 6) is -0.115. The molecule has 0 spiro atoms. The maximum atomic E-state index is 12.1. The summed E-state index contributed by atoms with van der Waals surface area (Å²) in [6, 6.07) is 14.5. The molecular weight excluding hydrogens is 270 g/mol. The third-order valence-electron chi connectivity index (χ3n) is 2.56. The number of thioether (sulfide) groups is 1. The van der Waals surface area contributed by atoms with Gasteiger partial charge in [0.15, 0.2) is 0 Å². The van der Waals surface area contributed by atoms with Gasteiger partial charge in [-0.15, -0.1) is 0 Å². The minimum absolute atomic E-state index is 0.115. The maximum absolute atomic E-state index is 12.1. The van der Waals surface area contributed by atoms with Crippen LogP contribution in [0.5, 0.6) is 0 Å². The Hall–Kier alpha value is -2.32. The van der Waals surface area contributed by atoms with E-state index >= 15 is 0 Å². The number of hydrogen-bond donors (Lipinski definition) is 1. The molecule has 0 saturated carbocycles. The number of nitrogens with one attached hydrogen (secondary N) is 1. The van der Waals surface area contributed by atoms with E-state index in [2.05, 4.69) is 10.3 Å². The average molecular weight is 283 g/mol. The molecule has 1 atom stereocenters. The highest BCUT2D eigenvalue weighted by Gasteiger charge is 2.15. The highest BCUT2D eigenvalue weighted by molar-refractivity contribution is 8.00. The molecule has 1 unspecified atom stereocenters. The van der Waals surface area contributed by atoms with Crippen LogP contribution >= 0.6 is 11.8 Å². The zero-order chi connectivity index (χ0) is 14.4. The van der Waals surface area contributed by atoms with Crippen LogP contribution in [0.25, 0.3) is 0 Å². The van der Waals surface area contributed by atoms with E-state index in [1.54, 1.807) is 30.5 Å². The molecular formula is C15H13N3OS. The van der Waals surface area contributed by atoms with Gasteiger partial charge >= 0.3 is 0 Å².